The zero-order valence-corrected chi connectivity index (χ0v) is 28.1. The van der Waals surface area contributed by atoms with Gasteiger partial charge in [0.1, 0.15) is 0 Å². The van der Waals surface area contributed by atoms with Crippen LogP contribution in [0.5, 0.6) is 0 Å². The van der Waals surface area contributed by atoms with Gasteiger partial charge in [0.15, 0.2) is 0 Å². The summed E-state index contributed by atoms with van der Waals surface area (Å²) >= 11 is 0. The number of nitrogens with zero attached hydrogens (tertiary/aromatic N) is 2. The third-order valence-electron chi connectivity index (χ3n) is 8.66. The van der Waals surface area contributed by atoms with Crippen molar-refractivity contribution in [3.63, 3.8) is 0 Å². The fourth-order valence-corrected chi connectivity index (χ4v) is 5.88. The van der Waals surface area contributed by atoms with Crippen molar-refractivity contribution in [3.05, 3.63) is 0 Å². The highest BCUT2D eigenvalue weighted by Crippen LogP contribution is 2.15. The Balaban J connectivity index is 0.000000799. The molecule has 1 heterocycles. The minimum atomic E-state index is 0.123. The number of hydrogen-bond donors (Lipinski definition) is 0. The lowest BCUT2D eigenvalue weighted by Gasteiger charge is -2.17. The first-order valence-electron chi connectivity index (χ1n) is 18.7. The van der Waals surface area contributed by atoms with Gasteiger partial charge in [-0.1, -0.05) is 181 Å². The SMILES string of the molecule is CCCCCCCCCCCCCCCCC1=NCCN1CC.CCCCCCCCCCCCCCCC[O]. The van der Waals surface area contributed by atoms with Crippen molar-refractivity contribution in [1.29, 1.82) is 0 Å². The number of amidine groups is 1. The first kappa shape index (κ1) is 39.4. The summed E-state index contributed by atoms with van der Waals surface area (Å²) in [4.78, 5) is 7.08. The van der Waals surface area contributed by atoms with Crippen LogP contribution in [-0.2, 0) is 5.11 Å². The van der Waals surface area contributed by atoms with Crippen molar-refractivity contribution < 1.29 is 5.11 Å². The van der Waals surface area contributed by atoms with Crippen LogP contribution in [0, 0.1) is 0 Å². The van der Waals surface area contributed by atoms with E-state index in [-0.39, 0.29) is 6.61 Å². The van der Waals surface area contributed by atoms with Gasteiger partial charge in [0.05, 0.1) is 19.0 Å². The highest BCUT2D eigenvalue weighted by molar-refractivity contribution is 5.83. The quantitative estimate of drug-likeness (QED) is 0.0800. The van der Waals surface area contributed by atoms with Crippen LogP contribution in [0.2, 0.25) is 0 Å². The van der Waals surface area contributed by atoms with E-state index < -0.39 is 0 Å². The average Bonchev–Trinajstić information content (AvgIpc) is 3.43. The molecule has 0 aromatic carbocycles. The summed E-state index contributed by atoms with van der Waals surface area (Å²) in [5.41, 5.74) is 0. The molecule has 0 aromatic rings. The number of aliphatic imine (C=N–C) groups is 1. The van der Waals surface area contributed by atoms with Crippen LogP contribution in [0.15, 0.2) is 4.99 Å². The molecule has 1 aliphatic heterocycles. The van der Waals surface area contributed by atoms with E-state index in [1.807, 2.05) is 0 Å². The molecular formula is C37H75N2O. The molecule has 0 saturated carbocycles. The van der Waals surface area contributed by atoms with E-state index in [9.17, 15) is 5.11 Å². The molecule has 40 heavy (non-hydrogen) atoms. The normalized spacial score (nSPS) is 13.0. The van der Waals surface area contributed by atoms with Gasteiger partial charge in [0, 0.05) is 19.5 Å². The molecule has 1 rings (SSSR count). The Morgan fingerprint density at radius 1 is 0.475 bits per heavy atom. The van der Waals surface area contributed by atoms with Crippen molar-refractivity contribution in [2.45, 2.75) is 207 Å². The Bertz CT molecular complexity index is 479. The number of likely N-dealkylation sites (N-methyl/N-ethyl adjacent to an activating group) is 1. The first-order chi connectivity index (χ1) is 19.8. The van der Waals surface area contributed by atoms with E-state index in [0.717, 1.165) is 32.5 Å². The van der Waals surface area contributed by atoms with E-state index in [4.69, 9.17) is 0 Å². The van der Waals surface area contributed by atoms with Crippen LogP contribution in [0.4, 0.5) is 0 Å². The van der Waals surface area contributed by atoms with Crippen molar-refractivity contribution >= 4 is 5.84 Å². The zero-order valence-electron chi connectivity index (χ0n) is 28.1. The Hall–Kier alpha value is -0.570. The summed E-state index contributed by atoms with van der Waals surface area (Å²) in [6.07, 6.45) is 40.2. The molecule has 0 fully saturated rings. The maximum absolute atomic E-state index is 10.2. The van der Waals surface area contributed by atoms with E-state index in [2.05, 4.69) is 30.7 Å². The van der Waals surface area contributed by atoms with Crippen molar-refractivity contribution in [3.8, 4) is 0 Å². The van der Waals surface area contributed by atoms with E-state index in [0.29, 0.717) is 0 Å². The molecule has 3 nitrogen and oxygen atoms in total. The number of unbranched alkanes of at least 4 members (excludes halogenated alkanes) is 26. The second-order valence-corrected chi connectivity index (χ2v) is 12.5. The second-order valence-electron chi connectivity index (χ2n) is 12.5. The third kappa shape index (κ3) is 28.9. The van der Waals surface area contributed by atoms with Gasteiger partial charge in [-0.3, -0.25) is 4.99 Å². The molecule has 0 aromatic heterocycles. The summed E-state index contributed by atoms with van der Waals surface area (Å²) < 4.78 is 0. The summed E-state index contributed by atoms with van der Waals surface area (Å²) in [5.74, 6) is 1.38. The van der Waals surface area contributed by atoms with Gasteiger partial charge in [-0.2, -0.15) is 0 Å². The smallest absolute Gasteiger partial charge is 0.0990 e. The molecule has 0 atom stereocenters. The van der Waals surface area contributed by atoms with Gasteiger partial charge >= 0.3 is 0 Å². The van der Waals surface area contributed by atoms with Gasteiger partial charge in [0.2, 0.25) is 0 Å². The highest BCUT2D eigenvalue weighted by Gasteiger charge is 2.13. The molecule has 239 valence electrons. The zero-order chi connectivity index (χ0) is 29.2. The van der Waals surface area contributed by atoms with E-state index >= 15 is 0 Å². The molecule has 0 saturated heterocycles. The van der Waals surface area contributed by atoms with Crippen LogP contribution in [0.1, 0.15) is 207 Å². The van der Waals surface area contributed by atoms with Crippen LogP contribution >= 0.6 is 0 Å². The van der Waals surface area contributed by atoms with Crippen LogP contribution in [0.25, 0.3) is 0 Å². The summed E-state index contributed by atoms with van der Waals surface area (Å²) in [6, 6.07) is 0. The molecule has 0 aliphatic carbocycles. The average molecular weight is 564 g/mol. The van der Waals surface area contributed by atoms with Crippen molar-refractivity contribution in [1.82, 2.24) is 4.90 Å². The highest BCUT2D eigenvalue weighted by atomic mass is 16.2. The first-order valence-corrected chi connectivity index (χ1v) is 18.7. The monoisotopic (exact) mass is 564 g/mol. The van der Waals surface area contributed by atoms with E-state index in [1.165, 1.54) is 179 Å². The molecule has 0 N–H and O–H groups in total. The topological polar surface area (TPSA) is 35.5 Å². The lowest BCUT2D eigenvalue weighted by Crippen LogP contribution is -2.27. The Morgan fingerprint density at radius 3 is 1.12 bits per heavy atom. The van der Waals surface area contributed by atoms with E-state index in [1.54, 1.807) is 0 Å². The minimum Gasteiger partial charge on any atom is -0.359 e. The molecule has 3 heteroatoms. The van der Waals surface area contributed by atoms with Gasteiger partial charge in [-0.05, 0) is 19.8 Å². The molecule has 0 bridgehead atoms. The van der Waals surface area contributed by atoms with Gasteiger partial charge < -0.3 is 4.90 Å². The van der Waals surface area contributed by atoms with Gasteiger partial charge in [-0.25, -0.2) is 5.11 Å². The minimum absolute atomic E-state index is 0.123. The lowest BCUT2D eigenvalue weighted by atomic mass is 10.0. The van der Waals surface area contributed by atoms with Crippen LogP contribution in [-0.4, -0.2) is 37.0 Å². The molecule has 1 radical (unpaired) electrons. The summed E-state index contributed by atoms with van der Waals surface area (Å²) in [5, 5.41) is 10.2. The second kappa shape index (κ2) is 34.6. The largest absolute Gasteiger partial charge is 0.359 e. The Labute approximate surface area is 253 Å². The Kier molecular flexibility index (Phi) is 34.1. The predicted molar refractivity (Wildman–Crippen MR) is 180 cm³/mol. The molecular weight excluding hydrogens is 488 g/mol. The standard InChI is InChI=1S/C21H42N2.C16H33O/c1-3-5-6-7-8-9-10-11-12-13-14-15-16-17-18-21-22-19-20-23(21)4-2;1-2-3-4-5-6-7-8-9-10-11-12-13-14-15-16-17/h3-20H2,1-2H3;2-16H2,1H3. The third-order valence-corrected chi connectivity index (χ3v) is 8.66. The fraction of sp³-hybridized carbons (Fsp3) is 0.973. The van der Waals surface area contributed by atoms with Crippen LogP contribution in [0.3, 0.4) is 0 Å². The lowest BCUT2D eigenvalue weighted by molar-refractivity contribution is 0.186. The number of hydrogen-bond acceptors (Lipinski definition) is 2. The maximum Gasteiger partial charge on any atom is 0.0990 e. The molecule has 0 amide bonds. The van der Waals surface area contributed by atoms with Crippen molar-refractivity contribution in [2.75, 3.05) is 26.2 Å². The molecule has 0 unspecified atom stereocenters. The van der Waals surface area contributed by atoms with Crippen molar-refractivity contribution in [2.24, 2.45) is 4.99 Å². The van der Waals surface area contributed by atoms with Gasteiger partial charge in [-0.15, -0.1) is 0 Å². The van der Waals surface area contributed by atoms with Gasteiger partial charge in [0.25, 0.3) is 0 Å². The molecule has 0 spiro atoms. The predicted octanol–water partition coefficient (Wildman–Crippen LogP) is 12.5. The summed E-state index contributed by atoms with van der Waals surface area (Å²) in [7, 11) is 0. The number of rotatable bonds is 30. The maximum atomic E-state index is 10.2. The van der Waals surface area contributed by atoms with Crippen LogP contribution < -0.4 is 0 Å². The fourth-order valence-electron chi connectivity index (χ4n) is 5.88. The molecule has 1 aliphatic rings. The summed E-state index contributed by atoms with van der Waals surface area (Å²) in [6.45, 7) is 10.3. The Morgan fingerprint density at radius 2 is 0.800 bits per heavy atom.